The van der Waals surface area contributed by atoms with Gasteiger partial charge >= 0.3 is 31.3 Å². The highest BCUT2D eigenvalue weighted by molar-refractivity contribution is 9.09. The number of hydrogen-bond donors (Lipinski definition) is 6. The van der Waals surface area contributed by atoms with Gasteiger partial charge in [-0.1, -0.05) is 91.4 Å². The Hall–Kier alpha value is 2.44. The summed E-state index contributed by atoms with van der Waals surface area (Å²) >= 11 is 13.0. The molecule has 0 aromatic carbocycles. The van der Waals surface area contributed by atoms with Crippen LogP contribution in [0, 0.1) is 23.7 Å². The van der Waals surface area contributed by atoms with Crippen LogP contribution in [0.1, 0.15) is 27.7 Å². The predicted molar refractivity (Wildman–Crippen MR) is 145 cm³/mol. The first kappa shape index (κ1) is 38.4. The lowest BCUT2D eigenvalue weighted by atomic mass is 9.60. The van der Waals surface area contributed by atoms with Crippen LogP contribution in [0.4, 0.5) is 0 Å². The topological polar surface area (TPSA) is 227 Å². The monoisotopic (exact) mass is 862 g/mol. The quantitative estimate of drug-likeness (QED) is 0.0833. The van der Waals surface area contributed by atoms with Crippen LogP contribution in [0.2, 0.25) is 0 Å². The van der Waals surface area contributed by atoms with Crippen molar-refractivity contribution in [2.45, 2.75) is 38.9 Å². The summed E-state index contributed by atoms with van der Waals surface area (Å²) in [5.41, 5.74) is -4.42. The molecule has 36 heavy (non-hydrogen) atoms. The van der Waals surface area contributed by atoms with Crippen molar-refractivity contribution in [1.82, 2.24) is 0 Å². The molecule has 0 spiro atoms. The highest BCUT2D eigenvalue weighted by atomic mass is 79.9. The molecule has 0 aliphatic rings. The summed E-state index contributed by atoms with van der Waals surface area (Å²) in [6, 6.07) is 0. The number of hydrogen-bond acceptors (Lipinski definition) is 8. The molecule has 0 aromatic heterocycles. The van der Waals surface area contributed by atoms with Gasteiger partial charge in [0.25, 0.3) is 0 Å². The Morgan fingerprint density at radius 1 is 0.556 bits per heavy atom. The molecule has 0 saturated heterocycles. The Kier molecular flexibility index (Phi) is 15.5. The van der Waals surface area contributed by atoms with E-state index < -0.39 is 66.2 Å². The van der Waals surface area contributed by atoms with E-state index in [4.69, 9.17) is 9.05 Å². The largest absolute Gasteiger partial charge is 0.481 e. The third-order valence-corrected chi connectivity index (χ3v) is 13.7. The zero-order chi connectivity index (χ0) is 29.0. The zero-order valence-electron chi connectivity index (χ0n) is 19.4. The van der Waals surface area contributed by atoms with Gasteiger partial charge in [0.15, 0.2) is 0 Å². The molecule has 0 radical (unpaired) electrons. The molecule has 0 heterocycles. The van der Waals surface area contributed by atoms with E-state index in [1.54, 1.807) is 0 Å². The fraction of sp³-hybridized carbons (Fsp3) is 1.00. The molecule has 6 unspecified atom stereocenters. The van der Waals surface area contributed by atoms with Crippen molar-refractivity contribution in [2.24, 2.45) is 23.7 Å². The fourth-order valence-electron chi connectivity index (χ4n) is 4.16. The molecule has 0 bridgehead atoms. The molecule has 0 fully saturated rings. The minimum atomic E-state index is -5.65. The van der Waals surface area contributed by atoms with E-state index in [2.05, 4.69) is 72.3 Å². The maximum absolute atomic E-state index is 13.0. The third kappa shape index (κ3) is 10.1. The smallest absolute Gasteiger partial charge is 0.302 e. The number of halogens is 4. The minimum Gasteiger partial charge on any atom is -0.302 e. The molecule has 0 aliphatic heterocycles. The van der Waals surface area contributed by atoms with E-state index in [-0.39, 0.29) is 21.3 Å². The Morgan fingerprint density at radius 2 is 0.750 bits per heavy atom. The molecule has 14 nitrogen and oxygen atoms in total. The van der Waals surface area contributed by atoms with Gasteiger partial charge in [-0.15, -0.1) is 0 Å². The van der Waals surface area contributed by atoms with E-state index in [1.807, 2.05) is 0 Å². The van der Waals surface area contributed by atoms with Crippen LogP contribution in [0.25, 0.3) is 0 Å². The van der Waals surface area contributed by atoms with Crippen molar-refractivity contribution in [3.8, 4) is 0 Å². The van der Waals surface area contributed by atoms with Gasteiger partial charge < -0.3 is 29.4 Å². The van der Waals surface area contributed by atoms with E-state index in [0.29, 0.717) is 0 Å². The molecule has 6 N–H and O–H groups in total. The molecule has 6 atom stereocenters. The average molecular weight is 866 g/mol. The second-order valence-electron chi connectivity index (χ2n) is 8.07. The number of phosphoric acid groups is 4. The van der Waals surface area contributed by atoms with Gasteiger partial charge in [0.05, 0.1) is 0 Å². The van der Waals surface area contributed by atoms with Crippen molar-refractivity contribution < 1.29 is 65.3 Å². The maximum Gasteiger partial charge on any atom is 0.481 e. The van der Waals surface area contributed by atoms with Crippen molar-refractivity contribution in [3.63, 3.8) is 0 Å². The zero-order valence-corrected chi connectivity index (χ0v) is 29.3. The molecule has 218 valence electrons. The molecular formula is C14H30Br4O14P4. The molecular weight excluding hydrogens is 836 g/mol. The molecule has 0 aliphatic carbocycles. The van der Waals surface area contributed by atoms with E-state index in [0.717, 1.165) is 0 Å². The molecule has 22 heteroatoms. The van der Waals surface area contributed by atoms with Crippen LogP contribution >= 0.6 is 95.0 Å². The molecule has 0 saturated carbocycles. The highest BCUT2D eigenvalue weighted by Crippen LogP contribution is 2.69. The van der Waals surface area contributed by atoms with Gasteiger partial charge in [-0.05, 0) is 23.7 Å². The minimum absolute atomic E-state index is 0.00947. The summed E-state index contributed by atoms with van der Waals surface area (Å²) in [5, 5.41) is -0.0379. The van der Waals surface area contributed by atoms with E-state index >= 15 is 0 Å². The van der Waals surface area contributed by atoms with Crippen LogP contribution in [-0.2, 0) is 35.9 Å². The van der Waals surface area contributed by atoms with Crippen LogP contribution in [-0.4, -0.2) is 61.9 Å². The Morgan fingerprint density at radius 3 is 0.889 bits per heavy atom. The Bertz CT molecular complexity index is 820. The predicted octanol–water partition coefficient (Wildman–Crippen LogP) is 5.04. The standard InChI is InChI=1S/C14H30Br4O14P4/c1-9(5-15)13(10(2)6-16,29-35(25,26)31-33(19,20)21)14(11(3)7-17,12(4)8-18)30-36(27,28)32-34(22,23)24/h9-12H,5-8H2,1-4H3,(H,25,26)(H,27,28)(H2,19,20,21)(H2,22,23,24). The van der Waals surface area contributed by atoms with E-state index in [9.17, 15) is 47.6 Å². The molecule has 0 aromatic rings. The Labute approximate surface area is 242 Å². The molecule has 0 rings (SSSR count). The maximum atomic E-state index is 13.0. The number of phosphoric ester groups is 2. The van der Waals surface area contributed by atoms with Gasteiger partial charge in [0, 0.05) is 21.3 Å². The highest BCUT2D eigenvalue weighted by Gasteiger charge is 2.68. The van der Waals surface area contributed by atoms with Gasteiger partial charge in [-0.2, -0.15) is 8.62 Å². The van der Waals surface area contributed by atoms with Crippen LogP contribution in [0.5, 0.6) is 0 Å². The SMILES string of the molecule is CC(CBr)C(OP(=O)(O)OP(=O)(O)O)(C(C)CBr)C(OP(=O)(O)OP(=O)(O)O)(C(C)CBr)C(C)CBr. The normalized spacial score (nSPS) is 23.4. The number of rotatable bonds is 17. The van der Waals surface area contributed by atoms with Crippen molar-refractivity contribution in [1.29, 1.82) is 0 Å². The first-order valence-electron chi connectivity index (χ1n) is 9.85. The fourth-order valence-corrected chi connectivity index (χ4v) is 10.3. The van der Waals surface area contributed by atoms with Crippen molar-refractivity contribution in [3.05, 3.63) is 0 Å². The lowest BCUT2D eigenvalue weighted by molar-refractivity contribution is -0.217. The van der Waals surface area contributed by atoms with Crippen LogP contribution < -0.4 is 0 Å². The summed E-state index contributed by atoms with van der Waals surface area (Å²) in [6.07, 6.45) is 0. The lowest BCUT2D eigenvalue weighted by Gasteiger charge is -2.59. The van der Waals surface area contributed by atoms with E-state index in [1.165, 1.54) is 27.7 Å². The second kappa shape index (κ2) is 14.6. The van der Waals surface area contributed by atoms with Crippen LogP contribution in [0.15, 0.2) is 0 Å². The van der Waals surface area contributed by atoms with Crippen molar-refractivity contribution >= 4 is 95.0 Å². The molecule has 0 amide bonds. The summed E-state index contributed by atoms with van der Waals surface area (Å²) < 4.78 is 68.1. The second-order valence-corrected chi connectivity index (χ2v) is 16.2. The first-order chi connectivity index (χ1) is 16.0. The summed E-state index contributed by atoms with van der Waals surface area (Å²) in [4.78, 5) is 57.7. The van der Waals surface area contributed by atoms with Gasteiger partial charge in [-0.25, -0.2) is 18.3 Å². The van der Waals surface area contributed by atoms with Crippen molar-refractivity contribution in [2.75, 3.05) is 21.3 Å². The van der Waals surface area contributed by atoms with Gasteiger partial charge in [-0.3, -0.25) is 9.05 Å². The number of alkyl halides is 4. The van der Waals surface area contributed by atoms with Gasteiger partial charge in [0.2, 0.25) is 0 Å². The Balaban J connectivity index is 7.79. The summed E-state index contributed by atoms with van der Waals surface area (Å²) in [5.74, 6) is -3.76. The average Bonchev–Trinajstić information content (AvgIpc) is 2.69. The third-order valence-electron chi connectivity index (χ3n) is 5.42. The first-order valence-corrected chi connectivity index (χ1v) is 20.4. The summed E-state index contributed by atoms with van der Waals surface area (Å²) in [6.45, 7) is 5.99. The lowest BCUT2D eigenvalue weighted by Crippen LogP contribution is -2.70. The van der Waals surface area contributed by atoms with Crippen LogP contribution in [0.3, 0.4) is 0 Å². The summed E-state index contributed by atoms with van der Waals surface area (Å²) in [7, 11) is -22.5. The van der Waals surface area contributed by atoms with Gasteiger partial charge in [0.1, 0.15) is 11.2 Å².